The SMILES string of the molecule is CCCC1NCC(=O)N1C(CC)COC. The van der Waals surface area contributed by atoms with Crippen molar-refractivity contribution in [3.8, 4) is 0 Å². The lowest BCUT2D eigenvalue weighted by molar-refractivity contribution is -0.131. The second-order valence-electron chi connectivity index (χ2n) is 4.00. The van der Waals surface area contributed by atoms with E-state index < -0.39 is 0 Å². The highest BCUT2D eigenvalue weighted by Crippen LogP contribution is 2.16. The molecular weight excluding hydrogens is 192 g/mol. The zero-order valence-corrected chi connectivity index (χ0v) is 9.95. The van der Waals surface area contributed by atoms with Crippen molar-refractivity contribution in [2.75, 3.05) is 20.3 Å². The van der Waals surface area contributed by atoms with Crippen molar-refractivity contribution in [2.45, 2.75) is 45.3 Å². The van der Waals surface area contributed by atoms with Crippen LogP contribution in [0.15, 0.2) is 0 Å². The van der Waals surface area contributed by atoms with Crippen LogP contribution in [0.25, 0.3) is 0 Å². The number of carbonyl (C=O) groups is 1. The molecule has 1 heterocycles. The van der Waals surface area contributed by atoms with Crippen molar-refractivity contribution in [1.82, 2.24) is 10.2 Å². The van der Waals surface area contributed by atoms with Gasteiger partial charge < -0.3 is 9.64 Å². The van der Waals surface area contributed by atoms with E-state index in [-0.39, 0.29) is 18.1 Å². The van der Waals surface area contributed by atoms with Gasteiger partial charge in [0.2, 0.25) is 5.91 Å². The maximum atomic E-state index is 11.7. The quantitative estimate of drug-likeness (QED) is 0.716. The summed E-state index contributed by atoms with van der Waals surface area (Å²) in [5.41, 5.74) is 0. The molecule has 1 N–H and O–H groups in total. The molecule has 2 unspecified atom stereocenters. The van der Waals surface area contributed by atoms with Gasteiger partial charge in [0.1, 0.15) is 0 Å². The number of hydrogen-bond acceptors (Lipinski definition) is 3. The number of carbonyl (C=O) groups excluding carboxylic acids is 1. The van der Waals surface area contributed by atoms with E-state index in [1.165, 1.54) is 0 Å². The molecule has 0 aliphatic carbocycles. The van der Waals surface area contributed by atoms with Crippen LogP contribution in [0, 0.1) is 0 Å². The van der Waals surface area contributed by atoms with Crippen LogP contribution in [0.1, 0.15) is 33.1 Å². The highest BCUT2D eigenvalue weighted by atomic mass is 16.5. The maximum absolute atomic E-state index is 11.7. The molecule has 0 bridgehead atoms. The topological polar surface area (TPSA) is 41.6 Å². The molecule has 1 saturated heterocycles. The number of methoxy groups -OCH3 is 1. The standard InChI is InChI=1S/C11H22N2O2/c1-4-6-10-12-7-11(14)13(10)9(5-2)8-15-3/h9-10,12H,4-8H2,1-3H3. The van der Waals surface area contributed by atoms with Crippen LogP contribution in [0.3, 0.4) is 0 Å². The summed E-state index contributed by atoms with van der Waals surface area (Å²) in [5.74, 6) is 0.206. The predicted octanol–water partition coefficient (Wildman–Crippen LogP) is 0.969. The van der Waals surface area contributed by atoms with Gasteiger partial charge in [-0.3, -0.25) is 10.1 Å². The molecule has 0 aromatic heterocycles. The molecule has 15 heavy (non-hydrogen) atoms. The third kappa shape index (κ3) is 2.92. The van der Waals surface area contributed by atoms with E-state index in [1.54, 1.807) is 7.11 Å². The number of amides is 1. The van der Waals surface area contributed by atoms with Crippen molar-refractivity contribution >= 4 is 5.91 Å². The van der Waals surface area contributed by atoms with Gasteiger partial charge in [-0.1, -0.05) is 20.3 Å². The second kappa shape index (κ2) is 6.08. The van der Waals surface area contributed by atoms with E-state index in [2.05, 4.69) is 19.2 Å². The minimum Gasteiger partial charge on any atom is -0.383 e. The number of nitrogens with zero attached hydrogens (tertiary/aromatic N) is 1. The van der Waals surface area contributed by atoms with Crippen molar-refractivity contribution in [3.63, 3.8) is 0 Å². The van der Waals surface area contributed by atoms with Crippen LogP contribution >= 0.6 is 0 Å². The first-order chi connectivity index (χ1) is 7.24. The first kappa shape index (κ1) is 12.5. The summed E-state index contributed by atoms with van der Waals surface area (Å²) in [5, 5.41) is 3.25. The molecule has 1 amide bonds. The van der Waals surface area contributed by atoms with Gasteiger partial charge in [-0.25, -0.2) is 0 Å². The molecule has 1 aliphatic heterocycles. The van der Waals surface area contributed by atoms with Crippen LogP contribution in [-0.4, -0.2) is 43.3 Å². The minimum absolute atomic E-state index is 0.206. The molecule has 4 nitrogen and oxygen atoms in total. The lowest BCUT2D eigenvalue weighted by atomic mass is 10.1. The molecule has 0 radical (unpaired) electrons. The second-order valence-corrected chi connectivity index (χ2v) is 4.00. The Bertz CT molecular complexity index is 209. The molecular formula is C11H22N2O2. The first-order valence-corrected chi connectivity index (χ1v) is 5.78. The van der Waals surface area contributed by atoms with Crippen molar-refractivity contribution in [1.29, 1.82) is 0 Å². The number of ether oxygens (including phenoxy) is 1. The predicted molar refractivity (Wildman–Crippen MR) is 59.5 cm³/mol. The van der Waals surface area contributed by atoms with E-state index in [0.29, 0.717) is 13.2 Å². The van der Waals surface area contributed by atoms with Crippen LogP contribution in [0.2, 0.25) is 0 Å². The third-order valence-corrected chi connectivity index (χ3v) is 2.90. The summed E-state index contributed by atoms with van der Waals surface area (Å²) in [6, 6.07) is 0.217. The Labute approximate surface area is 92.0 Å². The van der Waals surface area contributed by atoms with Crippen LogP contribution in [0.4, 0.5) is 0 Å². The van der Waals surface area contributed by atoms with Gasteiger partial charge >= 0.3 is 0 Å². The van der Waals surface area contributed by atoms with E-state index >= 15 is 0 Å². The summed E-state index contributed by atoms with van der Waals surface area (Å²) < 4.78 is 5.16. The molecule has 0 spiro atoms. The summed E-state index contributed by atoms with van der Waals surface area (Å²) >= 11 is 0. The molecule has 2 atom stereocenters. The Morgan fingerprint density at radius 1 is 1.60 bits per heavy atom. The zero-order valence-electron chi connectivity index (χ0n) is 9.95. The van der Waals surface area contributed by atoms with E-state index in [4.69, 9.17) is 4.74 Å². The van der Waals surface area contributed by atoms with Crippen molar-refractivity contribution in [3.05, 3.63) is 0 Å². The highest BCUT2D eigenvalue weighted by Gasteiger charge is 2.34. The Morgan fingerprint density at radius 3 is 2.87 bits per heavy atom. The summed E-state index contributed by atoms with van der Waals surface area (Å²) in [6.45, 7) is 5.34. The normalized spacial score (nSPS) is 23.5. The molecule has 88 valence electrons. The maximum Gasteiger partial charge on any atom is 0.238 e. The van der Waals surface area contributed by atoms with Gasteiger partial charge in [0.25, 0.3) is 0 Å². The molecule has 1 rings (SSSR count). The average Bonchev–Trinajstić information content (AvgIpc) is 2.58. The lowest BCUT2D eigenvalue weighted by Crippen LogP contribution is -2.46. The Kier molecular flexibility index (Phi) is 5.05. The van der Waals surface area contributed by atoms with Gasteiger partial charge in [0, 0.05) is 7.11 Å². The smallest absolute Gasteiger partial charge is 0.238 e. The van der Waals surface area contributed by atoms with Crippen LogP contribution < -0.4 is 5.32 Å². The van der Waals surface area contributed by atoms with Crippen molar-refractivity contribution < 1.29 is 9.53 Å². The molecule has 0 saturated carbocycles. The first-order valence-electron chi connectivity index (χ1n) is 5.78. The van der Waals surface area contributed by atoms with Gasteiger partial charge in [-0.2, -0.15) is 0 Å². The van der Waals surface area contributed by atoms with Crippen LogP contribution in [-0.2, 0) is 9.53 Å². The molecule has 1 fully saturated rings. The Morgan fingerprint density at radius 2 is 2.33 bits per heavy atom. The third-order valence-electron chi connectivity index (χ3n) is 2.90. The Balaban J connectivity index is 2.64. The zero-order chi connectivity index (χ0) is 11.3. The fraction of sp³-hybridized carbons (Fsp3) is 0.909. The number of hydrogen-bond donors (Lipinski definition) is 1. The lowest BCUT2D eigenvalue weighted by Gasteiger charge is -2.31. The monoisotopic (exact) mass is 214 g/mol. The average molecular weight is 214 g/mol. The molecule has 1 aliphatic rings. The van der Waals surface area contributed by atoms with E-state index in [9.17, 15) is 4.79 Å². The van der Waals surface area contributed by atoms with Gasteiger partial charge in [0.05, 0.1) is 25.4 Å². The number of nitrogens with one attached hydrogen (secondary N) is 1. The van der Waals surface area contributed by atoms with Gasteiger partial charge in [-0.05, 0) is 12.8 Å². The van der Waals surface area contributed by atoms with Crippen LogP contribution in [0.5, 0.6) is 0 Å². The van der Waals surface area contributed by atoms with Gasteiger partial charge in [-0.15, -0.1) is 0 Å². The minimum atomic E-state index is 0.206. The fourth-order valence-electron chi connectivity index (χ4n) is 2.13. The van der Waals surface area contributed by atoms with Crippen molar-refractivity contribution in [2.24, 2.45) is 0 Å². The molecule has 0 aromatic carbocycles. The Hall–Kier alpha value is -0.610. The van der Waals surface area contributed by atoms with E-state index in [1.807, 2.05) is 4.90 Å². The highest BCUT2D eigenvalue weighted by molar-refractivity contribution is 5.81. The number of rotatable bonds is 6. The summed E-state index contributed by atoms with van der Waals surface area (Å²) in [7, 11) is 1.69. The van der Waals surface area contributed by atoms with E-state index in [0.717, 1.165) is 19.3 Å². The fourth-order valence-corrected chi connectivity index (χ4v) is 2.13. The van der Waals surface area contributed by atoms with Gasteiger partial charge in [0.15, 0.2) is 0 Å². The largest absolute Gasteiger partial charge is 0.383 e. The summed E-state index contributed by atoms with van der Waals surface area (Å²) in [4.78, 5) is 13.7. The molecule has 0 aromatic rings. The molecule has 4 heteroatoms. The summed E-state index contributed by atoms with van der Waals surface area (Å²) in [6.07, 6.45) is 3.26.